The van der Waals surface area contributed by atoms with E-state index in [4.69, 9.17) is 10.5 Å². The Morgan fingerprint density at radius 1 is 1.08 bits per heavy atom. The number of benzene rings is 1. The summed E-state index contributed by atoms with van der Waals surface area (Å²) in [6, 6.07) is -0.712. The number of fused-ring (bicyclic) bond motifs is 2. The molecule has 6 nitrogen and oxygen atoms in total. The Labute approximate surface area is 200 Å². The van der Waals surface area contributed by atoms with Gasteiger partial charge in [0.25, 0.3) is 0 Å². The lowest BCUT2D eigenvalue weighted by Gasteiger charge is -2.42. The van der Waals surface area contributed by atoms with Crippen LogP contribution in [0.25, 0.3) is 0 Å². The van der Waals surface area contributed by atoms with E-state index in [0.29, 0.717) is 6.08 Å². The minimum Gasteiger partial charge on any atom is -0.370 e. The number of aliphatic imine (C=N–C) groups is 1. The summed E-state index contributed by atoms with van der Waals surface area (Å²) in [7, 11) is 0. The van der Waals surface area contributed by atoms with E-state index in [0.717, 1.165) is 24.4 Å². The van der Waals surface area contributed by atoms with Gasteiger partial charge in [-0.15, -0.1) is 13.2 Å². The Kier molecular flexibility index (Phi) is 6.03. The Balaban J connectivity index is 1.37. The summed E-state index contributed by atoms with van der Waals surface area (Å²) in [5.74, 6) is -1.74. The minimum absolute atomic E-state index is 0.0290. The maximum Gasteiger partial charge on any atom is 0.503 e. The van der Waals surface area contributed by atoms with Crippen LogP contribution in [0.15, 0.2) is 46.7 Å². The van der Waals surface area contributed by atoms with Gasteiger partial charge < -0.3 is 10.5 Å². The molecule has 4 aliphatic heterocycles. The Morgan fingerprint density at radius 2 is 1.83 bits per heavy atom. The van der Waals surface area contributed by atoms with Crippen molar-refractivity contribution in [3.05, 3.63) is 58.9 Å². The number of amidine groups is 1. The highest BCUT2D eigenvalue weighted by atomic mass is 19.4. The van der Waals surface area contributed by atoms with E-state index in [-0.39, 0.29) is 59.4 Å². The largest absolute Gasteiger partial charge is 0.503 e. The van der Waals surface area contributed by atoms with Crippen LogP contribution in [0.2, 0.25) is 0 Å². The maximum atomic E-state index is 14.2. The third-order valence-corrected chi connectivity index (χ3v) is 6.79. The molecule has 1 unspecified atom stereocenters. The van der Waals surface area contributed by atoms with Crippen LogP contribution in [0.3, 0.4) is 0 Å². The van der Waals surface area contributed by atoms with Gasteiger partial charge in [-0.1, -0.05) is 0 Å². The van der Waals surface area contributed by atoms with Gasteiger partial charge in [0.1, 0.15) is 17.7 Å². The van der Waals surface area contributed by atoms with Gasteiger partial charge >= 0.3 is 12.5 Å². The predicted molar refractivity (Wildman–Crippen MR) is 111 cm³/mol. The number of nitrogens with two attached hydrogens (primary N) is 1. The van der Waals surface area contributed by atoms with Crippen LogP contribution < -0.4 is 5.73 Å². The molecule has 1 aromatic rings. The van der Waals surface area contributed by atoms with Crippen molar-refractivity contribution in [3.63, 3.8) is 0 Å². The summed E-state index contributed by atoms with van der Waals surface area (Å²) in [5.41, 5.74) is 5.94. The van der Waals surface area contributed by atoms with Gasteiger partial charge in [-0.05, 0) is 30.7 Å². The quantitative estimate of drug-likeness (QED) is 0.470. The molecule has 1 fully saturated rings. The number of hydrogen-bond acceptors (Lipinski definition) is 6. The minimum atomic E-state index is -5.09. The molecule has 2 N–H and O–H groups in total. The van der Waals surface area contributed by atoms with Gasteiger partial charge in [-0.3, -0.25) is 4.90 Å². The number of nitrogens with zero attached hydrogens (tertiary/aromatic N) is 4. The predicted octanol–water partition coefficient (Wildman–Crippen LogP) is 3.99. The molecule has 14 heteroatoms. The SMILES string of the molecule is N[C@H]1C[C@@H](N2CCC3=C(C2)C2=NC=CC(C(F)(F)F)N2N3C(F)(F)F)CO[C@@H]1c1cc(F)ccc1F. The molecule has 4 heterocycles. The van der Waals surface area contributed by atoms with E-state index in [1.807, 2.05) is 0 Å². The average molecular weight is 523 g/mol. The molecule has 5 rings (SSSR count). The lowest BCUT2D eigenvalue weighted by Crippen LogP contribution is -2.57. The van der Waals surface area contributed by atoms with Crippen molar-refractivity contribution >= 4 is 5.84 Å². The summed E-state index contributed by atoms with van der Waals surface area (Å²) in [5, 5.41) is -0.105. The molecule has 0 bridgehead atoms. The molecule has 0 aliphatic carbocycles. The molecule has 0 radical (unpaired) electrons. The third kappa shape index (κ3) is 4.24. The van der Waals surface area contributed by atoms with E-state index >= 15 is 0 Å². The highest BCUT2D eigenvalue weighted by Gasteiger charge is 2.58. The van der Waals surface area contributed by atoms with Crippen LogP contribution >= 0.6 is 0 Å². The zero-order valence-corrected chi connectivity index (χ0v) is 18.5. The van der Waals surface area contributed by atoms with Gasteiger partial charge in [0.2, 0.25) is 0 Å². The number of ether oxygens (including phenoxy) is 1. The average Bonchev–Trinajstić information content (AvgIpc) is 3.14. The van der Waals surface area contributed by atoms with Crippen LogP contribution in [-0.2, 0) is 4.74 Å². The van der Waals surface area contributed by atoms with E-state index < -0.39 is 54.2 Å². The topological polar surface area (TPSA) is 57.3 Å². The normalized spacial score (nSPS) is 29.4. The Morgan fingerprint density at radius 3 is 2.50 bits per heavy atom. The fourth-order valence-electron chi connectivity index (χ4n) is 5.23. The zero-order chi connectivity index (χ0) is 26.0. The lowest BCUT2D eigenvalue weighted by atomic mass is 9.92. The van der Waals surface area contributed by atoms with Crippen LogP contribution in [-0.4, -0.2) is 71.1 Å². The smallest absolute Gasteiger partial charge is 0.370 e. The number of alkyl halides is 6. The van der Waals surface area contributed by atoms with Gasteiger partial charge in [-0.25, -0.2) is 18.8 Å². The fraction of sp³-hybridized carbons (Fsp3) is 0.500. The first kappa shape index (κ1) is 25.0. The van der Waals surface area contributed by atoms with Crippen LogP contribution in [0.5, 0.6) is 0 Å². The van der Waals surface area contributed by atoms with Gasteiger partial charge in [0.15, 0.2) is 11.9 Å². The van der Waals surface area contributed by atoms with E-state index in [1.54, 1.807) is 4.90 Å². The van der Waals surface area contributed by atoms with Crippen molar-refractivity contribution in [1.82, 2.24) is 14.9 Å². The zero-order valence-electron chi connectivity index (χ0n) is 18.5. The number of halogens is 8. The highest BCUT2D eigenvalue weighted by molar-refractivity contribution is 6.02. The van der Waals surface area contributed by atoms with Crippen molar-refractivity contribution < 1.29 is 39.9 Å². The number of rotatable bonds is 2. The summed E-state index contributed by atoms with van der Waals surface area (Å²) < 4.78 is 116. The first-order chi connectivity index (χ1) is 16.9. The van der Waals surface area contributed by atoms with Crippen molar-refractivity contribution in [3.8, 4) is 0 Å². The van der Waals surface area contributed by atoms with Crippen molar-refractivity contribution in [2.45, 2.75) is 49.5 Å². The van der Waals surface area contributed by atoms with Crippen LogP contribution in [0.4, 0.5) is 35.1 Å². The van der Waals surface area contributed by atoms with E-state index in [9.17, 15) is 35.1 Å². The molecule has 0 amide bonds. The summed E-state index contributed by atoms with van der Waals surface area (Å²) in [6.07, 6.45) is -9.44. The fourth-order valence-corrected chi connectivity index (χ4v) is 5.23. The first-order valence-electron chi connectivity index (χ1n) is 11.1. The Hall–Kier alpha value is -2.71. The monoisotopic (exact) mass is 523 g/mol. The molecule has 1 aromatic carbocycles. The summed E-state index contributed by atoms with van der Waals surface area (Å²) in [4.78, 5) is 5.65. The second-order valence-corrected chi connectivity index (χ2v) is 9.02. The number of hydrogen-bond donors (Lipinski definition) is 1. The lowest BCUT2D eigenvalue weighted by molar-refractivity contribution is -0.301. The highest BCUT2D eigenvalue weighted by Crippen LogP contribution is 2.45. The van der Waals surface area contributed by atoms with E-state index in [1.165, 1.54) is 0 Å². The molecule has 0 saturated carbocycles. The molecule has 0 aromatic heterocycles. The molecular weight excluding hydrogens is 502 g/mol. The molecule has 36 heavy (non-hydrogen) atoms. The maximum absolute atomic E-state index is 14.2. The van der Waals surface area contributed by atoms with Gasteiger partial charge in [0.05, 0.1) is 12.3 Å². The third-order valence-electron chi connectivity index (χ3n) is 6.79. The van der Waals surface area contributed by atoms with Crippen molar-refractivity contribution in [2.24, 2.45) is 10.7 Å². The summed E-state index contributed by atoms with van der Waals surface area (Å²) >= 11 is 0. The Bertz CT molecular complexity index is 1130. The second kappa shape index (κ2) is 8.70. The molecule has 1 saturated heterocycles. The molecule has 0 spiro atoms. The standard InChI is InChI=1S/C22H21F8N5O/c23-11-1-2-15(24)13(7-11)19-16(31)8-12(10-36-19)33-6-4-17-14(9-33)20-32-5-3-18(21(25,26)27)34(20)35(17)22(28,29)30/h1-3,5,7,12,16,18-19H,4,6,8-10,31H2/t12-,16+,18?,19-/m1/s1. The molecule has 196 valence electrons. The van der Waals surface area contributed by atoms with Gasteiger partial charge in [-0.2, -0.15) is 18.2 Å². The van der Waals surface area contributed by atoms with Crippen LogP contribution in [0, 0.1) is 11.6 Å². The van der Waals surface area contributed by atoms with Crippen molar-refractivity contribution in [1.29, 1.82) is 0 Å². The van der Waals surface area contributed by atoms with Crippen LogP contribution in [0.1, 0.15) is 24.5 Å². The molecule has 4 aliphatic rings. The summed E-state index contributed by atoms with van der Waals surface area (Å²) in [6.45, 7) is 0.0347. The van der Waals surface area contributed by atoms with Crippen molar-refractivity contribution in [2.75, 3.05) is 19.7 Å². The molecular formula is C22H21F8N5O. The molecule has 4 atom stereocenters. The van der Waals surface area contributed by atoms with E-state index in [2.05, 4.69) is 4.99 Å². The first-order valence-corrected chi connectivity index (χ1v) is 11.1. The van der Waals surface area contributed by atoms with Gasteiger partial charge in [0, 0.05) is 48.9 Å². The number of hydrazine groups is 1. The second-order valence-electron chi connectivity index (χ2n) is 9.02.